The van der Waals surface area contributed by atoms with Gasteiger partial charge in [0.15, 0.2) is 0 Å². The van der Waals surface area contributed by atoms with Crippen LogP contribution in [-0.2, 0) is 18.4 Å². The van der Waals surface area contributed by atoms with Crippen molar-refractivity contribution in [3.05, 3.63) is 29.6 Å². The van der Waals surface area contributed by atoms with E-state index in [4.69, 9.17) is 4.98 Å². The average Bonchev–Trinajstić information content (AvgIpc) is 2.89. The molecule has 5 nitrogen and oxygen atoms in total. The first kappa shape index (κ1) is 17.0. The van der Waals surface area contributed by atoms with Crippen molar-refractivity contribution < 1.29 is 4.79 Å². The Morgan fingerprint density at radius 2 is 2.08 bits per heavy atom. The summed E-state index contributed by atoms with van der Waals surface area (Å²) in [6, 6.07) is 2.73. The first-order chi connectivity index (χ1) is 11.5. The third kappa shape index (κ3) is 3.46. The number of nitrogens with one attached hydrogen (secondary N) is 1. The summed E-state index contributed by atoms with van der Waals surface area (Å²) in [6.45, 7) is 8.59. The Balaban J connectivity index is 1.67. The van der Waals surface area contributed by atoms with E-state index in [1.54, 1.807) is 6.92 Å². The molecule has 0 aliphatic carbocycles. The minimum Gasteiger partial charge on any atom is -0.349 e. The quantitative estimate of drug-likeness (QED) is 0.939. The van der Waals surface area contributed by atoms with Gasteiger partial charge >= 0.3 is 0 Å². The summed E-state index contributed by atoms with van der Waals surface area (Å²) in [6.07, 6.45) is 6.23. The molecule has 1 aliphatic rings. The average molecular weight is 328 g/mol. The smallest absolute Gasteiger partial charge is 0.219 e. The van der Waals surface area contributed by atoms with Gasteiger partial charge in [0.1, 0.15) is 0 Å². The summed E-state index contributed by atoms with van der Waals surface area (Å²) in [7, 11) is 2.09. The first-order valence-electron chi connectivity index (χ1n) is 8.88. The van der Waals surface area contributed by atoms with Crippen LogP contribution in [0.3, 0.4) is 0 Å². The number of amides is 1. The molecular formula is C19H28N4O. The molecule has 0 bridgehead atoms. The molecule has 5 heteroatoms. The van der Waals surface area contributed by atoms with Crippen LogP contribution in [0, 0.1) is 0 Å². The molecule has 2 aromatic heterocycles. The SMILES string of the molecule is CC(=O)N1CCC(NCc2cn(C)c3cc(C(C)C)cnc23)CC1. The lowest BCUT2D eigenvalue weighted by Crippen LogP contribution is -2.43. The Morgan fingerprint density at radius 1 is 1.38 bits per heavy atom. The second-order valence-corrected chi connectivity index (χ2v) is 7.22. The Labute approximate surface area is 144 Å². The number of carbonyl (C=O) groups excluding carboxylic acids is 1. The maximum Gasteiger partial charge on any atom is 0.219 e. The lowest BCUT2D eigenvalue weighted by molar-refractivity contribution is -0.129. The normalized spacial score (nSPS) is 16.3. The van der Waals surface area contributed by atoms with E-state index in [9.17, 15) is 4.79 Å². The molecule has 0 saturated carbocycles. The van der Waals surface area contributed by atoms with E-state index in [0.717, 1.165) is 38.0 Å². The summed E-state index contributed by atoms with van der Waals surface area (Å²) < 4.78 is 2.17. The zero-order valence-corrected chi connectivity index (χ0v) is 15.2. The molecule has 1 saturated heterocycles. The number of fused-ring (bicyclic) bond motifs is 1. The molecule has 130 valence electrons. The van der Waals surface area contributed by atoms with Crippen molar-refractivity contribution in [3.63, 3.8) is 0 Å². The van der Waals surface area contributed by atoms with Gasteiger partial charge in [-0.05, 0) is 30.4 Å². The molecule has 2 aromatic rings. The highest BCUT2D eigenvalue weighted by atomic mass is 16.2. The largest absolute Gasteiger partial charge is 0.349 e. The molecule has 1 amide bonds. The number of hydrogen-bond donors (Lipinski definition) is 1. The summed E-state index contributed by atoms with van der Waals surface area (Å²) >= 11 is 0. The fourth-order valence-electron chi connectivity index (χ4n) is 3.45. The van der Waals surface area contributed by atoms with Gasteiger partial charge in [-0.1, -0.05) is 13.8 Å². The highest BCUT2D eigenvalue weighted by Crippen LogP contribution is 2.23. The Bertz CT molecular complexity index is 726. The van der Waals surface area contributed by atoms with Gasteiger partial charge in [-0.3, -0.25) is 9.78 Å². The van der Waals surface area contributed by atoms with Crippen LogP contribution in [0.4, 0.5) is 0 Å². The van der Waals surface area contributed by atoms with Gasteiger partial charge in [-0.2, -0.15) is 0 Å². The van der Waals surface area contributed by atoms with Crippen molar-refractivity contribution in [2.24, 2.45) is 7.05 Å². The molecule has 0 aromatic carbocycles. The van der Waals surface area contributed by atoms with E-state index in [0.29, 0.717) is 12.0 Å². The number of piperidine rings is 1. The summed E-state index contributed by atoms with van der Waals surface area (Å²) in [5, 5.41) is 3.65. The van der Waals surface area contributed by atoms with E-state index < -0.39 is 0 Å². The van der Waals surface area contributed by atoms with Crippen molar-refractivity contribution in [1.29, 1.82) is 0 Å². The molecule has 0 radical (unpaired) electrons. The van der Waals surface area contributed by atoms with Crippen LogP contribution in [0.5, 0.6) is 0 Å². The van der Waals surface area contributed by atoms with Gasteiger partial charge in [-0.15, -0.1) is 0 Å². The van der Waals surface area contributed by atoms with Gasteiger partial charge in [0.25, 0.3) is 0 Å². The predicted molar refractivity (Wildman–Crippen MR) is 96.9 cm³/mol. The third-order valence-corrected chi connectivity index (χ3v) is 5.11. The number of aryl methyl sites for hydroxylation is 1. The number of aromatic nitrogens is 2. The third-order valence-electron chi connectivity index (χ3n) is 5.11. The van der Waals surface area contributed by atoms with Crippen LogP contribution in [0.15, 0.2) is 18.5 Å². The summed E-state index contributed by atoms with van der Waals surface area (Å²) in [5.41, 5.74) is 4.82. The Hall–Kier alpha value is -1.88. The lowest BCUT2D eigenvalue weighted by Gasteiger charge is -2.31. The maximum atomic E-state index is 11.4. The van der Waals surface area contributed by atoms with Crippen LogP contribution in [-0.4, -0.2) is 39.5 Å². The molecule has 1 aliphatic heterocycles. The van der Waals surface area contributed by atoms with Crippen molar-refractivity contribution in [2.45, 2.75) is 52.1 Å². The Morgan fingerprint density at radius 3 is 2.71 bits per heavy atom. The first-order valence-corrected chi connectivity index (χ1v) is 8.88. The van der Waals surface area contributed by atoms with Gasteiger partial charge in [-0.25, -0.2) is 0 Å². The standard InChI is InChI=1S/C19H28N4O/c1-13(2)15-9-18-19(21-10-15)16(12-22(18)4)11-20-17-5-7-23(8-6-17)14(3)24/h9-10,12-13,17,20H,5-8,11H2,1-4H3. The highest BCUT2D eigenvalue weighted by Gasteiger charge is 2.20. The van der Waals surface area contributed by atoms with E-state index >= 15 is 0 Å². The van der Waals surface area contributed by atoms with Gasteiger partial charge < -0.3 is 14.8 Å². The molecule has 3 heterocycles. The number of nitrogens with zero attached hydrogens (tertiary/aromatic N) is 3. The number of hydrogen-bond acceptors (Lipinski definition) is 3. The molecule has 24 heavy (non-hydrogen) atoms. The maximum absolute atomic E-state index is 11.4. The van der Waals surface area contributed by atoms with Crippen molar-refractivity contribution in [2.75, 3.05) is 13.1 Å². The molecule has 1 fully saturated rings. The monoisotopic (exact) mass is 328 g/mol. The fourth-order valence-corrected chi connectivity index (χ4v) is 3.45. The topological polar surface area (TPSA) is 50.2 Å². The van der Waals surface area contributed by atoms with Gasteiger partial charge in [0.2, 0.25) is 5.91 Å². The van der Waals surface area contributed by atoms with E-state index in [2.05, 4.69) is 43.0 Å². The minimum absolute atomic E-state index is 0.188. The zero-order chi connectivity index (χ0) is 17.3. The second-order valence-electron chi connectivity index (χ2n) is 7.22. The van der Waals surface area contributed by atoms with Crippen LogP contribution in [0.2, 0.25) is 0 Å². The number of likely N-dealkylation sites (tertiary alicyclic amines) is 1. The predicted octanol–water partition coefficient (Wildman–Crippen LogP) is 2.80. The van der Waals surface area contributed by atoms with E-state index in [1.807, 2.05) is 11.1 Å². The van der Waals surface area contributed by atoms with Crippen molar-refractivity contribution in [1.82, 2.24) is 19.8 Å². The number of carbonyl (C=O) groups is 1. The van der Waals surface area contributed by atoms with E-state index in [-0.39, 0.29) is 5.91 Å². The number of rotatable bonds is 4. The number of pyridine rings is 1. The van der Waals surface area contributed by atoms with Crippen LogP contribution in [0.1, 0.15) is 50.7 Å². The summed E-state index contributed by atoms with van der Waals surface area (Å²) in [4.78, 5) is 18.0. The lowest BCUT2D eigenvalue weighted by atomic mass is 10.0. The fraction of sp³-hybridized carbons (Fsp3) is 0.579. The molecule has 3 rings (SSSR count). The Kier molecular flexibility index (Phi) is 4.90. The van der Waals surface area contributed by atoms with Crippen LogP contribution >= 0.6 is 0 Å². The molecule has 1 N–H and O–H groups in total. The molecule has 0 atom stereocenters. The highest BCUT2D eigenvalue weighted by molar-refractivity contribution is 5.80. The minimum atomic E-state index is 0.188. The van der Waals surface area contributed by atoms with Crippen LogP contribution in [0.25, 0.3) is 11.0 Å². The van der Waals surface area contributed by atoms with Crippen molar-refractivity contribution in [3.8, 4) is 0 Å². The molecule has 0 unspecified atom stereocenters. The molecule has 0 spiro atoms. The second kappa shape index (κ2) is 6.93. The van der Waals surface area contributed by atoms with Crippen LogP contribution < -0.4 is 5.32 Å². The summed E-state index contributed by atoms with van der Waals surface area (Å²) in [5.74, 6) is 0.678. The van der Waals surface area contributed by atoms with Gasteiger partial charge in [0.05, 0.1) is 11.0 Å². The van der Waals surface area contributed by atoms with E-state index in [1.165, 1.54) is 16.6 Å². The van der Waals surface area contributed by atoms with Gasteiger partial charge in [0, 0.05) is 57.6 Å². The van der Waals surface area contributed by atoms with Crippen molar-refractivity contribution >= 4 is 16.9 Å². The zero-order valence-electron chi connectivity index (χ0n) is 15.2. The molecular weight excluding hydrogens is 300 g/mol.